The van der Waals surface area contributed by atoms with E-state index in [0.29, 0.717) is 15.9 Å². The summed E-state index contributed by atoms with van der Waals surface area (Å²) >= 11 is 17.6. The minimum Gasteiger partial charge on any atom is -0.256 e. The third-order valence-electron chi connectivity index (χ3n) is 2.19. The number of rotatable bonds is 2. The molecule has 0 aliphatic rings. The lowest BCUT2D eigenvalue weighted by molar-refractivity contribution is 1.27. The third kappa shape index (κ3) is 3.49. The Labute approximate surface area is 121 Å². The van der Waals surface area contributed by atoms with Gasteiger partial charge in [0, 0.05) is 17.6 Å². The van der Waals surface area contributed by atoms with E-state index in [1.165, 1.54) is 0 Å². The molecular weight excluding hydrogens is 300 g/mol. The second kappa shape index (κ2) is 6.46. The Kier molecular flexibility index (Phi) is 5.54. The van der Waals surface area contributed by atoms with Crippen molar-refractivity contribution in [1.29, 1.82) is 0 Å². The molecule has 1 aromatic heterocycles. The fourth-order valence-corrected chi connectivity index (χ4v) is 1.84. The van der Waals surface area contributed by atoms with E-state index in [1.54, 1.807) is 18.3 Å². The van der Waals surface area contributed by atoms with Crippen LogP contribution >= 0.6 is 47.2 Å². The molecule has 0 aliphatic carbocycles. The molecule has 5 heteroatoms. The Hall–Kier alpha value is -0.470. The summed E-state index contributed by atoms with van der Waals surface area (Å²) in [7, 11) is 0. The number of pyridine rings is 1. The van der Waals surface area contributed by atoms with Crippen LogP contribution in [0.25, 0.3) is 11.3 Å². The summed E-state index contributed by atoms with van der Waals surface area (Å²) in [6, 6.07) is 9.26. The molecule has 0 bridgehead atoms. The van der Waals surface area contributed by atoms with E-state index in [1.807, 2.05) is 18.2 Å². The molecule has 1 heterocycles. The summed E-state index contributed by atoms with van der Waals surface area (Å²) < 4.78 is 0. The lowest BCUT2D eigenvalue weighted by Gasteiger charge is -2.04. The van der Waals surface area contributed by atoms with Crippen LogP contribution in [0.4, 0.5) is 0 Å². The van der Waals surface area contributed by atoms with Gasteiger partial charge in [0.05, 0.1) is 15.7 Å². The number of hydrogen-bond donors (Lipinski definition) is 0. The molecule has 2 rings (SSSR count). The second-order valence-electron chi connectivity index (χ2n) is 3.31. The van der Waals surface area contributed by atoms with Crippen molar-refractivity contribution in [3.8, 4) is 11.3 Å². The first kappa shape index (κ1) is 14.6. The van der Waals surface area contributed by atoms with E-state index in [9.17, 15) is 0 Å². The number of alkyl halides is 1. The predicted octanol–water partition coefficient (Wildman–Crippen LogP) is 5.22. The van der Waals surface area contributed by atoms with E-state index < -0.39 is 0 Å². The van der Waals surface area contributed by atoms with E-state index in [-0.39, 0.29) is 12.4 Å². The SMILES string of the molecule is Cl.ClCc1ccnc(-c2ccc(Cl)c(Cl)c2)c1. The van der Waals surface area contributed by atoms with Crippen LogP contribution in [-0.2, 0) is 5.88 Å². The van der Waals surface area contributed by atoms with Gasteiger partial charge in [-0.3, -0.25) is 4.98 Å². The van der Waals surface area contributed by atoms with Gasteiger partial charge in [0.15, 0.2) is 0 Å². The highest BCUT2D eigenvalue weighted by Crippen LogP contribution is 2.27. The first-order chi connectivity index (χ1) is 7.70. The Morgan fingerprint density at radius 3 is 2.41 bits per heavy atom. The van der Waals surface area contributed by atoms with Gasteiger partial charge in [-0.15, -0.1) is 24.0 Å². The summed E-state index contributed by atoms with van der Waals surface area (Å²) in [6.07, 6.45) is 1.73. The first-order valence-electron chi connectivity index (χ1n) is 4.67. The average Bonchev–Trinajstić information content (AvgIpc) is 2.33. The van der Waals surface area contributed by atoms with E-state index in [2.05, 4.69) is 4.98 Å². The van der Waals surface area contributed by atoms with Crippen molar-refractivity contribution in [1.82, 2.24) is 4.98 Å². The van der Waals surface area contributed by atoms with Gasteiger partial charge >= 0.3 is 0 Å². The fourth-order valence-electron chi connectivity index (χ4n) is 1.37. The Balaban J connectivity index is 0.00000144. The zero-order valence-electron chi connectivity index (χ0n) is 8.66. The van der Waals surface area contributed by atoms with Gasteiger partial charge in [-0.2, -0.15) is 0 Å². The standard InChI is InChI=1S/C12H8Cl3N.ClH/c13-7-8-3-4-16-12(5-8)9-1-2-10(14)11(15)6-9;/h1-6H,7H2;1H. The van der Waals surface area contributed by atoms with Gasteiger partial charge in [-0.25, -0.2) is 0 Å². The zero-order valence-corrected chi connectivity index (χ0v) is 11.7. The summed E-state index contributed by atoms with van der Waals surface area (Å²) in [5.74, 6) is 0.469. The average molecular weight is 309 g/mol. The highest BCUT2D eigenvalue weighted by molar-refractivity contribution is 6.42. The minimum atomic E-state index is 0. The lowest BCUT2D eigenvalue weighted by atomic mass is 10.1. The quantitative estimate of drug-likeness (QED) is 0.693. The molecule has 0 amide bonds. The van der Waals surface area contributed by atoms with Crippen LogP contribution in [-0.4, -0.2) is 4.98 Å². The summed E-state index contributed by atoms with van der Waals surface area (Å²) in [4.78, 5) is 4.27. The maximum absolute atomic E-state index is 5.95. The molecule has 1 nitrogen and oxygen atoms in total. The summed E-state index contributed by atoms with van der Waals surface area (Å²) in [5, 5.41) is 1.07. The molecule has 0 spiro atoms. The van der Waals surface area contributed by atoms with Gasteiger partial charge in [-0.1, -0.05) is 29.3 Å². The molecule has 0 saturated carbocycles. The van der Waals surface area contributed by atoms with Gasteiger partial charge in [0.2, 0.25) is 0 Å². The molecule has 0 N–H and O–H groups in total. The van der Waals surface area contributed by atoms with Gasteiger partial charge < -0.3 is 0 Å². The second-order valence-corrected chi connectivity index (χ2v) is 4.39. The Morgan fingerprint density at radius 2 is 1.76 bits per heavy atom. The molecule has 0 atom stereocenters. The van der Waals surface area contributed by atoms with Crippen molar-refractivity contribution in [2.75, 3.05) is 0 Å². The maximum Gasteiger partial charge on any atom is 0.0705 e. The molecule has 1 aromatic carbocycles. The number of aromatic nitrogens is 1. The molecule has 0 saturated heterocycles. The number of nitrogens with zero attached hydrogens (tertiary/aromatic N) is 1. The molecule has 17 heavy (non-hydrogen) atoms. The van der Waals surface area contributed by atoms with Crippen LogP contribution in [0.5, 0.6) is 0 Å². The van der Waals surface area contributed by atoms with Crippen LogP contribution in [0.1, 0.15) is 5.56 Å². The van der Waals surface area contributed by atoms with Gasteiger partial charge in [-0.05, 0) is 29.8 Å². The molecule has 2 aromatic rings. The van der Waals surface area contributed by atoms with E-state index >= 15 is 0 Å². The summed E-state index contributed by atoms with van der Waals surface area (Å²) in [6.45, 7) is 0. The normalized spacial score (nSPS) is 9.82. The highest BCUT2D eigenvalue weighted by atomic mass is 35.5. The minimum absolute atomic E-state index is 0. The number of hydrogen-bond acceptors (Lipinski definition) is 1. The molecule has 0 fully saturated rings. The fraction of sp³-hybridized carbons (Fsp3) is 0.0833. The number of benzene rings is 1. The van der Waals surface area contributed by atoms with Gasteiger partial charge in [0.25, 0.3) is 0 Å². The lowest BCUT2D eigenvalue weighted by Crippen LogP contribution is -1.86. The molecule has 90 valence electrons. The van der Waals surface area contributed by atoms with Crippen molar-refractivity contribution in [3.05, 3.63) is 52.1 Å². The monoisotopic (exact) mass is 307 g/mol. The predicted molar refractivity (Wildman–Crippen MR) is 76.5 cm³/mol. The van der Waals surface area contributed by atoms with Crippen LogP contribution in [0.2, 0.25) is 10.0 Å². The van der Waals surface area contributed by atoms with Crippen LogP contribution in [0, 0.1) is 0 Å². The molecule has 0 radical (unpaired) electrons. The zero-order chi connectivity index (χ0) is 11.5. The van der Waals surface area contributed by atoms with Crippen LogP contribution in [0.3, 0.4) is 0 Å². The van der Waals surface area contributed by atoms with Gasteiger partial charge in [0.1, 0.15) is 0 Å². The molecule has 0 unspecified atom stereocenters. The Bertz CT molecular complexity index is 514. The largest absolute Gasteiger partial charge is 0.256 e. The van der Waals surface area contributed by atoms with Crippen LogP contribution < -0.4 is 0 Å². The van der Waals surface area contributed by atoms with Crippen LogP contribution in [0.15, 0.2) is 36.5 Å². The number of halogens is 4. The van der Waals surface area contributed by atoms with Crippen molar-refractivity contribution < 1.29 is 0 Å². The van der Waals surface area contributed by atoms with E-state index in [4.69, 9.17) is 34.8 Å². The van der Waals surface area contributed by atoms with Crippen molar-refractivity contribution in [2.45, 2.75) is 5.88 Å². The molecular formula is C12H9Cl4N. The van der Waals surface area contributed by atoms with Crippen molar-refractivity contribution >= 4 is 47.2 Å². The highest BCUT2D eigenvalue weighted by Gasteiger charge is 2.03. The smallest absolute Gasteiger partial charge is 0.0705 e. The third-order valence-corrected chi connectivity index (χ3v) is 3.24. The Morgan fingerprint density at radius 1 is 1.00 bits per heavy atom. The molecule has 0 aliphatic heterocycles. The summed E-state index contributed by atoms with van der Waals surface area (Å²) in [5.41, 5.74) is 2.80. The first-order valence-corrected chi connectivity index (χ1v) is 5.96. The topological polar surface area (TPSA) is 12.9 Å². The maximum atomic E-state index is 5.95. The van der Waals surface area contributed by atoms with Crippen molar-refractivity contribution in [3.63, 3.8) is 0 Å². The van der Waals surface area contributed by atoms with E-state index in [0.717, 1.165) is 16.8 Å². The van der Waals surface area contributed by atoms with Crippen molar-refractivity contribution in [2.24, 2.45) is 0 Å².